The van der Waals surface area contributed by atoms with Gasteiger partial charge in [0.05, 0.1) is 18.4 Å². The van der Waals surface area contributed by atoms with Crippen molar-refractivity contribution in [2.45, 2.75) is 18.4 Å². The van der Waals surface area contributed by atoms with Crippen LogP contribution in [0, 0.1) is 11.3 Å². The molecule has 0 spiro atoms. The van der Waals surface area contributed by atoms with E-state index in [1.54, 1.807) is 19.1 Å². The number of aryl methyl sites for hydroxylation is 1. The summed E-state index contributed by atoms with van der Waals surface area (Å²) in [6.07, 6.45) is 0. The van der Waals surface area contributed by atoms with E-state index in [1.165, 1.54) is 0 Å². The van der Waals surface area contributed by atoms with Crippen LogP contribution in [0.25, 0.3) is 33.3 Å². The van der Waals surface area contributed by atoms with Crippen molar-refractivity contribution in [2.24, 2.45) is 0 Å². The van der Waals surface area contributed by atoms with E-state index >= 15 is 0 Å². The van der Waals surface area contributed by atoms with Gasteiger partial charge in [-0.25, -0.2) is 0 Å². The van der Waals surface area contributed by atoms with Crippen LogP contribution in [-0.2, 0) is 6.54 Å². The Morgan fingerprint density at radius 3 is 2.40 bits per heavy atom. The Kier molecular flexibility index (Phi) is 5.80. The first-order valence-electron chi connectivity index (χ1n) is 9.85. The third-order valence-electron chi connectivity index (χ3n) is 5.24. The molecule has 0 bridgehead atoms. The maximum Gasteiger partial charge on any atom is 0.119 e. The van der Waals surface area contributed by atoms with Gasteiger partial charge in [0.2, 0.25) is 0 Å². The van der Waals surface area contributed by atoms with E-state index < -0.39 is 0 Å². The number of hydrogen-bond donors (Lipinski definition) is 1. The number of fused-ring (bicyclic) bond motifs is 1. The van der Waals surface area contributed by atoms with E-state index in [4.69, 9.17) is 4.74 Å². The number of benzene rings is 3. The quantitative estimate of drug-likeness (QED) is 0.388. The lowest BCUT2D eigenvalue weighted by Crippen LogP contribution is -1.98. The van der Waals surface area contributed by atoms with E-state index in [1.807, 2.05) is 25.2 Å². The van der Waals surface area contributed by atoms with Gasteiger partial charge in [-0.05, 0) is 79.0 Å². The first kappa shape index (κ1) is 20.1. The second-order valence-corrected chi connectivity index (χ2v) is 7.96. The van der Waals surface area contributed by atoms with Crippen molar-refractivity contribution >= 4 is 22.9 Å². The van der Waals surface area contributed by atoms with Crippen molar-refractivity contribution in [1.29, 1.82) is 5.26 Å². The Morgan fingerprint density at radius 1 is 1.00 bits per heavy atom. The molecule has 0 fully saturated rings. The Labute approximate surface area is 181 Å². The minimum atomic E-state index is 0.714. The highest BCUT2D eigenvalue weighted by molar-refractivity contribution is 7.97. The van der Waals surface area contributed by atoms with Gasteiger partial charge in [0.15, 0.2) is 0 Å². The lowest BCUT2D eigenvalue weighted by Gasteiger charge is -2.09. The second kappa shape index (κ2) is 8.66. The molecule has 0 radical (unpaired) electrons. The third-order valence-corrected chi connectivity index (χ3v) is 5.95. The Morgan fingerprint density at radius 2 is 1.73 bits per heavy atom. The number of aromatic nitrogens is 1. The van der Waals surface area contributed by atoms with Crippen molar-refractivity contribution in [3.63, 3.8) is 0 Å². The van der Waals surface area contributed by atoms with Gasteiger partial charge in [-0.2, -0.15) is 5.26 Å². The number of nitrogens with zero attached hydrogens (tertiary/aromatic N) is 2. The molecule has 150 valence electrons. The summed E-state index contributed by atoms with van der Waals surface area (Å²) in [6.45, 7) is 2.91. The third kappa shape index (κ3) is 3.56. The van der Waals surface area contributed by atoms with E-state index in [2.05, 4.69) is 70.8 Å². The molecule has 0 atom stereocenters. The Bertz CT molecular complexity index is 1240. The van der Waals surface area contributed by atoms with Crippen LogP contribution in [0.2, 0.25) is 0 Å². The first-order valence-corrected chi connectivity index (χ1v) is 10.7. The topological polar surface area (TPSA) is 50.0 Å². The van der Waals surface area contributed by atoms with Crippen LogP contribution in [0.3, 0.4) is 0 Å². The van der Waals surface area contributed by atoms with Crippen LogP contribution in [0.1, 0.15) is 12.5 Å². The molecule has 4 rings (SSSR count). The molecule has 4 aromatic rings. The lowest BCUT2D eigenvalue weighted by atomic mass is 10.0. The van der Waals surface area contributed by atoms with Crippen LogP contribution in [0.4, 0.5) is 0 Å². The molecule has 1 N–H and O–H groups in total. The Hall–Kier alpha value is -3.20. The molecule has 30 heavy (non-hydrogen) atoms. The predicted molar refractivity (Wildman–Crippen MR) is 125 cm³/mol. The molecule has 0 aliphatic carbocycles. The van der Waals surface area contributed by atoms with Gasteiger partial charge in [-0.15, -0.1) is 0 Å². The maximum absolute atomic E-state index is 10.1. The summed E-state index contributed by atoms with van der Waals surface area (Å²) >= 11 is 1.57. The fourth-order valence-electron chi connectivity index (χ4n) is 3.88. The molecule has 0 amide bonds. The predicted octanol–water partition coefficient (Wildman–Crippen LogP) is 6.10. The number of nitriles is 1. The van der Waals surface area contributed by atoms with Gasteiger partial charge in [-0.1, -0.05) is 30.3 Å². The number of ether oxygens (including phenoxy) is 1. The highest BCUT2D eigenvalue weighted by Crippen LogP contribution is 2.36. The van der Waals surface area contributed by atoms with Crippen LogP contribution in [-0.4, -0.2) is 18.7 Å². The molecule has 0 unspecified atom stereocenters. The summed E-state index contributed by atoms with van der Waals surface area (Å²) in [5, 5.41) is 11.0. The average Bonchev–Trinajstić information content (AvgIpc) is 3.12. The highest BCUT2D eigenvalue weighted by atomic mass is 32.2. The average molecular weight is 414 g/mol. The fraction of sp³-hybridized carbons (Fsp3) is 0.160. The summed E-state index contributed by atoms with van der Waals surface area (Å²) in [7, 11) is 3.57. The lowest BCUT2D eigenvalue weighted by molar-refractivity contribution is 0.415. The van der Waals surface area contributed by atoms with Gasteiger partial charge in [0.1, 0.15) is 11.8 Å². The number of hydrogen-bond acceptors (Lipinski definition) is 4. The summed E-state index contributed by atoms with van der Waals surface area (Å²) in [4.78, 5) is 1.14. The smallest absolute Gasteiger partial charge is 0.119 e. The van der Waals surface area contributed by atoms with Crippen molar-refractivity contribution in [3.05, 3.63) is 72.3 Å². The highest BCUT2D eigenvalue weighted by Gasteiger charge is 2.18. The number of nitrogens with one attached hydrogen (secondary N) is 1. The zero-order valence-corrected chi connectivity index (χ0v) is 18.1. The summed E-state index contributed by atoms with van der Waals surface area (Å²) in [5.41, 5.74) is 5.94. The molecule has 0 aliphatic heterocycles. The molecule has 4 nitrogen and oxygen atoms in total. The van der Waals surface area contributed by atoms with Gasteiger partial charge in [0, 0.05) is 22.3 Å². The van der Waals surface area contributed by atoms with E-state index in [0.29, 0.717) is 5.56 Å². The van der Waals surface area contributed by atoms with Crippen molar-refractivity contribution in [1.82, 2.24) is 9.29 Å². The molecule has 1 aromatic heterocycles. The van der Waals surface area contributed by atoms with Crippen molar-refractivity contribution in [2.75, 3.05) is 14.2 Å². The van der Waals surface area contributed by atoms with Gasteiger partial charge in [0.25, 0.3) is 0 Å². The van der Waals surface area contributed by atoms with Crippen LogP contribution in [0.15, 0.2) is 71.6 Å². The van der Waals surface area contributed by atoms with Crippen LogP contribution in [0.5, 0.6) is 5.75 Å². The monoisotopic (exact) mass is 413 g/mol. The van der Waals surface area contributed by atoms with Gasteiger partial charge >= 0.3 is 0 Å². The molecule has 1 heterocycles. The van der Waals surface area contributed by atoms with E-state index in [0.717, 1.165) is 50.5 Å². The first-order chi connectivity index (χ1) is 14.7. The summed E-state index contributed by atoms with van der Waals surface area (Å²) in [5.74, 6) is 0.819. The van der Waals surface area contributed by atoms with Crippen molar-refractivity contribution < 1.29 is 4.74 Å². The van der Waals surface area contributed by atoms with Crippen LogP contribution >= 0.6 is 11.9 Å². The summed E-state index contributed by atoms with van der Waals surface area (Å²) < 4.78 is 10.7. The van der Waals surface area contributed by atoms with E-state index in [-0.39, 0.29) is 0 Å². The molecule has 5 heteroatoms. The number of rotatable bonds is 6. The van der Waals surface area contributed by atoms with Gasteiger partial charge in [-0.3, -0.25) is 4.72 Å². The molecule has 0 saturated carbocycles. The Balaban J connectivity index is 1.90. The minimum Gasteiger partial charge on any atom is -0.497 e. The summed E-state index contributed by atoms with van der Waals surface area (Å²) in [6, 6.07) is 25.1. The standard InChI is InChI=1S/C25H23N3OS/c1-4-28-24-13-10-19(18-6-5-7-20(14-18)29-3)15-22(24)23(16-26)25(28)17-8-11-21(12-9-17)30-27-2/h5-15,27H,4H2,1-3H3. The molecule has 3 aromatic carbocycles. The normalized spacial score (nSPS) is 10.9. The zero-order valence-electron chi connectivity index (χ0n) is 17.3. The number of methoxy groups -OCH3 is 1. The van der Waals surface area contributed by atoms with Crippen molar-refractivity contribution in [3.8, 4) is 34.2 Å². The molecule has 0 aliphatic rings. The maximum atomic E-state index is 10.1. The molecular formula is C25H23N3OS. The molecular weight excluding hydrogens is 390 g/mol. The fourth-order valence-corrected chi connectivity index (χ4v) is 4.39. The molecule has 0 saturated heterocycles. The van der Waals surface area contributed by atoms with E-state index in [9.17, 15) is 5.26 Å². The second-order valence-electron chi connectivity index (χ2n) is 6.87. The minimum absolute atomic E-state index is 0.714. The zero-order chi connectivity index (χ0) is 21.1. The SMILES string of the molecule is CCn1c(-c2ccc(SNC)cc2)c(C#N)c2cc(-c3cccc(OC)c3)ccc21. The van der Waals surface area contributed by atoms with Gasteiger partial charge < -0.3 is 9.30 Å². The largest absolute Gasteiger partial charge is 0.497 e. The van der Waals surface area contributed by atoms with Crippen LogP contribution < -0.4 is 9.46 Å².